The SMILES string of the molecule is c1c(C2CCCC2)nc2sc(NOCC3CCOC3)nn12. The van der Waals surface area contributed by atoms with E-state index in [4.69, 9.17) is 14.6 Å². The van der Waals surface area contributed by atoms with Crippen LogP contribution in [0.1, 0.15) is 43.7 Å². The van der Waals surface area contributed by atoms with E-state index in [1.165, 1.54) is 42.7 Å². The van der Waals surface area contributed by atoms with Crippen molar-refractivity contribution in [1.29, 1.82) is 0 Å². The lowest BCUT2D eigenvalue weighted by atomic mass is 10.1. The molecule has 0 radical (unpaired) electrons. The predicted octanol–water partition coefficient (Wildman–Crippen LogP) is 2.83. The zero-order chi connectivity index (χ0) is 14.1. The van der Waals surface area contributed by atoms with Crippen molar-refractivity contribution in [2.75, 3.05) is 25.3 Å². The molecule has 1 saturated carbocycles. The van der Waals surface area contributed by atoms with E-state index in [0.717, 1.165) is 29.7 Å². The van der Waals surface area contributed by atoms with E-state index in [1.54, 1.807) is 0 Å². The van der Waals surface area contributed by atoms with Crippen LogP contribution in [0.15, 0.2) is 6.20 Å². The van der Waals surface area contributed by atoms with Gasteiger partial charge in [0.25, 0.3) is 0 Å². The van der Waals surface area contributed by atoms with Gasteiger partial charge in [-0.1, -0.05) is 24.2 Å². The standard InChI is InChI=1S/C14H20N4O2S/c1-2-4-11(3-1)12-7-18-14(15-12)21-13(16-18)17-20-9-10-5-6-19-8-10/h7,10-11H,1-6,8-9H2,(H,16,17). The molecule has 0 aromatic carbocycles. The van der Waals surface area contributed by atoms with Crippen LogP contribution in [0.3, 0.4) is 0 Å². The van der Waals surface area contributed by atoms with E-state index in [1.807, 2.05) is 4.52 Å². The number of nitrogens with zero attached hydrogens (tertiary/aromatic N) is 3. The molecule has 0 spiro atoms. The maximum atomic E-state index is 5.51. The summed E-state index contributed by atoms with van der Waals surface area (Å²) < 4.78 is 7.19. The van der Waals surface area contributed by atoms with Gasteiger partial charge in [0.15, 0.2) is 0 Å². The molecule has 2 fully saturated rings. The Morgan fingerprint density at radius 2 is 2.29 bits per heavy atom. The lowest BCUT2D eigenvalue weighted by Crippen LogP contribution is -2.12. The van der Waals surface area contributed by atoms with Gasteiger partial charge in [-0.05, 0) is 19.3 Å². The first kappa shape index (κ1) is 13.5. The molecule has 0 bridgehead atoms. The number of rotatable bonds is 5. The van der Waals surface area contributed by atoms with Gasteiger partial charge in [0.2, 0.25) is 10.1 Å². The first-order valence-electron chi connectivity index (χ1n) is 7.70. The number of ether oxygens (including phenoxy) is 1. The van der Waals surface area contributed by atoms with E-state index < -0.39 is 0 Å². The summed E-state index contributed by atoms with van der Waals surface area (Å²) in [7, 11) is 0. The van der Waals surface area contributed by atoms with Crippen LogP contribution in [-0.2, 0) is 9.57 Å². The van der Waals surface area contributed by atoms with Crippen molar-refractivity contribution < 1.29 is 9.57 Å². The average Bonchev–Trinajstić information content (AvgIpc) is 3.23. The molecule has 114 valence electrons. The number of anilines is 1. The van der Waals surface area contributed by atoms with Crippen molar-refractivity contribution in [2.24, 2.45) is 5.92 Å². The van der Waals surface area contributed by atoms with E-state index in [0.29, 0.717) is 18.4 Å². The minimum Gasteiger partial charge on any atom is -0.381 e. The molecule has 2 aromatic rings. The van der Waals surface area contributed by atoms with Gasteiger partial charge in [-0.25, -0.2) is 15.0 Å². The molecule has 1 atom stereocenters. The fraction of sp³-hybridized carbons (Fsp3) is 0.714. The maximum Gasteiger partial charge on any atom is 0.229 e. The highest BCUT2D eigenvalue weighted by atomic mass is 32.1. The Labute approximate surface area is 127 Å². The monoisotopic (exact) mass is 308 g/mol. The van der Waals surface area contributed by atoms with Crippen LogP contribution in [0.2, 0.25) is 0 Å². The van der Waals surface area contributed by atoms with Crippen molar-refractivity contribution in [1.82, 2.24) is 14.6 Å². The number of hydrogen-bond donors (Lipinski definition) is 1. The number of imidazole rings is 1. The molecule has 6 nitrogen and oxygen atoms in total. The molecule has 1 aliphatic heterocycles. The molecule has 2 aliphatic rings. The highest BCUT2D eigenvalue weighted by Crippen LogP contribution is 2.34. The van der Waals surface area contributed by atoms with Gasteiger partial charge in [-0.2, -0.15) is 0 Å². The molecule has 0 amide bonds. The fourth-order valence-corrected chi connectivity index (χ4v) is 3.85. The maximum absolute atomic E-state index is 5.51. The van der Waals surface area contributed by atoms with E-state index in [9.17, 15) is 0 Å². The van der Waals surface area contributed by atoms with Gasteiger partial charge in [-0.3, -0.25) is 4.84 Å². The highest BCUT2D eigenvalue weighted by molar-refractivity contribution is 7.20. The number of aromatic nitrogens is 3. The summed E-state index contributed by atoms with van der Waals surface area (Å²) >= 11 is 1.53. The van der Waals surface area contributed by atoms with Crippen LogP contribution in [0, 0.1) is 5.92 Å². The summed E-state index contributed by atoms with van der Waals surface area (Å²) in [6.45, 7) is 2.31. The third kappa shape index (κ3) is 2.90. The van der Waals surface area contributed by atoms with Gasteiger partial charge in [0.05, 0.1) is 25.1 Å². The first-order chi connectivity index (χ1) is 10.4. The Bertz CT molecular complexity index is 568. The number of nitrogens with one attached hydrogen (secondary N) is 1. The minimum absolute atomic E-state index is 0.496. The molecular weight excluding hydrogens is 288 g/mol. The molecule has 7 heteroatoms. The van der Waals surface area contributed by atoms with Crippen LogP contribution in [-0.4, -0.2) is 34.4 Å². The predicted molar refractivity (Wildman–Crippen MR) is 80.6 cm³/mol. The van der Waals surface area contributed by atoms with Crippen LogP contribution >= 0.6 is 11.3 Å². The quantitative estimate of drug-likeness (QED) is 0.861. The summed E-state index contributed by atoms with van der Waals surface area (Å²) in [4.78, 5) is 11.2. The number of hydrogen-bond acceptors (Lipinski definition) is 6. The smallest absolute Gasteiger partial charge is 0.229 e. The highest BCUT2D eigenvalue weighted by Gasteiger charge is 2.21. The second-order valence-corrected chi connectivity index (χ2v) is 6.88. The Morgan fingerprint density at radius 3 is 3.05 bits per heavy atom. The van der Waals surface area contributed by atoms with Crippen LogP contribution < -0.4 is 5.48 Å². The molecular formula is C14H20N4O2S. The summed E-state index contributed by atoms with van der Waals surface area (Å²) in [5, 5.41) is 5.23. The molecule has 2 aromatic heterocycles. The van der Waals surface area contributed by atoms with Gasteiger partial charge < -0.3 is 4.74 Å². The lowest BCUT2D eigenvalue weighted by Gasteiger charge is -2.07. The Morgan fingerprint density at radius 1 is 1.38 bits per heavy atom. The van der Waals surface area contributed by atoms with Gasteiger partial charge in [-0.15, -0.1) is 5.10 Å². The van der Waals surface area contributed by atoms with Crippen LogP contribution in [0.4, 0.5) is 5.13 Å². The Kier molecular flexibility index (Phi) is 3.79. The van der Waals surface area contributed by atoms with Crippen molar-refractivity contribution in [3.05, 3.63) is 11.9 Å². The third-order valence-corrected chi connectivity index (χ3v) is 5.16. The Balaban J connectivity index is 1.36. The first-order valence-corrected chi connectivity index (χ1v) is 8.52. The van der Waals surface area contributed by atoms with Gasteiger partial charge in [0, 0.05) is 18.4 Å². The molecule has 4 rings (SSSR count). The van der Waals surface area contributed by atoms with Gasteiger partial charge in [0.1, 0.15) is 0 Å². The largest absolute Gasteiger partial charge is 0.381 e. The van der Waals surface area contributed by atoms with E-state index in [-0.39, 0.29) is 0 Å². The van der Waals surface area contributed by atoms with Crippen molar-refractivity contribution in [3.8, 4) is 0 Å². The minimum atomic E-state index is 0.496. The number of fused-ring (bicyclic) bond motifs is 1. The second-order valence-electron chi connectivity index (χ2n) is 5.92. The molecule has 21 heavy (non-hydrogen) atoms. The van der Waals surface area contributed by atoms with E-state index in [2.05, 4.69) is 16.8 Å². The molecule has 1 N–H and O–H groups in total. The van der Waals surface area contributed by atoms with Crippen molar-refractivity contribution in [3.63, 3.8) is 0 Å². The summed E-state index contributed by atoms with van der Waals surface area (Å²) in [5.74, 6) is 1.13. The fourth-order valence-electron chi connectivity index (χ4n) is 3.11. The second kappa shape index (κ2) is 5.90. The van der Waals surface area contributed by atoms with Crippen LogP contribution in [0.25, 0.3) is 4.96 Å². The molecule has 3 heterocycles. The summed E-state index contributed by atoms with van der Waals surface area (Å²) in [5.41, 5.74) is 4.12. The summed E-state index contributed by atoms with van der Waals surface area (Å²) in [6, 6.07) is 0. The third-order valence-electron chi connectivity index (χ3n) is 4.34. The lowest BCUT2D eigenvalue weighted by molar-refractivity contribution is 0.127. The zero-order valence-electron chi connectivity index (χ0n) is 12.0. The normalized spacial score (nSPS) is 23.3. The Hall–Kier alpha value is -1.18. The summed E-state index contributed by atoms with van der Waals surface area (Å²) in [6.07, 6.45) is 8.33. The molecule has 1 aliphatic carbocycles. The average molecular weight is 308 g/mol. The topological polar surface area (TPSA) is 60.7 Å². The van der Waals surface area contributed by atoms with Gasteiger partial charge >= 0.3 is 0 Å². The van der Waals surface area contributed by atoms with Crippen molar-refractivity contribution >= 4 is 21.4 Å². The zero-order valence-corrected chi connectivity index (χ0v) is 12.8. The van der Waals surface area contributed by atoms with Crippen LogP contribution in [0.5, 0.6) is 0 Å². The van der Waals surface area contributed by atoms with E-state index >= 15 is 0 Å². The molecule has 1 saturated heterocycles. The van der Waals surface area contributed by atoms with Crippen molar-refractivity contribution in [2.45, 2.75) is 38.0 Å². The molecule has 1 unspecified atom stereocenters.